The Kier molecular flexibility index (Phi) is 3.42. The van der Waals surface area contributed by atoms with Gasteiger partial charge in [-0.3, -0.25) is 14.4 Å². The van der Waals surface area contributed by atoms with Gasteiger partial charge in [0.2, 0.25) is 0 Å². The fourth-order valence-corrected chi connectivity index (χ4v) is 1.61. The Morgan fingerprint density at radius 3 is 2.63 bits per heavy atom. The molecule has 0 spiro atoms. The second kappa shape index (κ2) is 5.18. The molecule has 2 rings (SSSR count). The van der Waals surface area contributed by atoms with Crippen LogP contribution in [0.25, 0.3) is 0 Å². The van der Waals surface area contributed by atoms with Crippen LogP contribution in [0.3, 0.4) is 0 Å². The van der Waals surface area contributed by atoms with E-state index in [2.05, 4.69) is 10.3 Å². The number of primary amides is 1. The molecule has 2 amide bonds. The van der Waals surface area contributed by atoms with E-state index in [0.29, 0.717) is 17.5 Å². The van der Waals surface area contributed by atoms with Gasteiger partial charge >= 0.3 is 0 Å². The molecule has 6 nitrogen and oxygen atoms in total. The molecular formula is C13H11N3O3. The van der Waals surface area contributed by atoms with Gasteiger partial charge in [-0.2, -0.15) is 0 Å². The van der Waals surface area contributed by atoms with Crippen molar-refractivity contribution in [1.82, 2.24) is 4.98 Å². The van der Waals surface area contributed by atoms with Crippen LogP contribution in [0.15, 0.2) is 36.5 Å². The van der Waals surface area contributed by atoms with Crippen molar-refractivity contribution >= 4 is 23.8 Å². The SMILES string of the molecule is NC(=O)c1ccccc1NC(=O)c1cc(C=O)c[nH]1. The van der Waals surface area contributed by atoms with Crippen LogP contribution in [-0.4, -0.2) is 23.1 Å². The number of anilines is 1. The predicted octanol–water partition coefficient (Wildman–Crippen LogP) is 1.18. The number of benzene rings is 1. The van der Waals surface area contributed by atoms with Crippen molar-refractivity contribution in [2.75, 3.05) is 5.32 Å². The molecule has 0 aliphatic rings. The molecule has 2 aromatic rings. The quantitative estimate of drug-likeness (QED) is 0.716. The third-order valence-electron chi connectivity index (χ3n) is 2.53. The fraction of sp³-hybridized carbons (Fsp3) is 0. The largest absolute Gasteiger partial charge is 0.366 e. The summed E-state index contributed by atoms with van der Waals surface area (Å²) in [5.41, 5.74) is 6.34. The second-order valence-electron chi connectivity index (χ2n) is 3.83. The smallest absolute Gasteiger partial charge is 0.272 e. The van der Waals surface area contributed by atoms with E-state index in [9.17, 15) is 14.4 Å². The van der Waals surface area contributed by atoms with Crippen LogP contribution in [0.5, 0.6) is 0 Å². The number of nitrogens with two attached hydrogens (primary N) is 1. The summed E-state index contributed by atoms with van der Waals surface area (Å²) in [7, 11) is 0. The third kappa shape index (κ3) is 2.68. The van der Waals surface area contributed by atoms with E-state index in [4.69, 9.17) is 5.73 Å². The number of carbonyl (C=O) groups excluding carboxylic acids is 3. The Balaban J connectivity index is 2.24. The summed E-state index contributed by atoms with van der Waals surface area (Å²) < 4.78 is 0. The molecule has 0 atom stereocenters. The molecule has 0 saturated heterocycles. The molecule has 0 fully saturated rings. The molecule has 19 heavy (non-hydrogen) atoms. The summed E-state index contributed by atoms with van der Waals surface area (Å²) in [6.07, 6.45) is 2.05. The maximum atomic E-state index is 11.9. The second-order valence-corrected chi connectivity index (χ2v) is 3.83. The summed E-state index contributed by atoms with van der Waals surface area (Å²) in [4.78, 5) is 36.3. The van der Waals surface area contributed by atoms with Gasteiger partial charge in [0.15, 0.2) is 6.29 Å². The first-order valence-corrected chi connectivity index (χ1v) is 5.45. The minimum absolute atomic E-state index is 0.220. The maximum Gasteiger partial charge on any atom is 0.272 e. The Labute approximate surface area is 108 Å². The number of nitrogens with one attached hydrogen (secondary N) is 2. The molecule has 96 valence electrons. The van der Waals surface area contributed by atoms with Gasteiger partial charge in [0, 0.05) is 11.8 Å². The monoisotopic (exact) mass is 257 g/mol. The van der Waals surface area contributed by atoms with Crippen LogP contribution in [-0.2, 0) is 0 Å². The number of aldehydes is 1. The zero-order chi connectivity index (χ0) is 13.8. The minimum atomic E-state index is -0.629. The summed E-state index contributed by atoms with van der Waals surface area (Å²) in [6, 6.07) is 7.82. The first-order chi connectivity index (χ1) is 9.11. The van der Waals surface area contributed by atoms with Crippen molar-refractivity contribution in [2.45, 2.75) is 0 Å². The first kappa shape index (κ1) is 12.6. The number of amides is 2. The van der Waals surface area contributed by atoms with Gasteiger partial charge in [0.25, 0.3) is 11.8 Å². The minimum Gasteiger partial charge on any atom is -0.366 e. The number of rotatable bonds is 4. The third-order valence-corrected chi connectivity index (χ3v) is 2.53. The Hall–Kier alpha value is -2.89. The average Bonchev–Trinajstić information content (AvgIpc) is 2.88. The normalized spacial score (nSPS) is 9.89. The van der Waals surface area contributed by atoms with Gasteiger partial charge in [-0.25, -0.2) is 0 Å². The van der Waals surface area contributed by atoms with Crippen molar-refractivity contribution < 1.29 is 14.4 Å². The van der Waals surface area contributed by atoms with E-state index in [1.54, 1.807) is 18.2 Å². The van der Waals surface area contributed by atoms with Gasteiger partial charge in [-0.1, -0.05) is 12.1 Å². The summed E-state index contributed by atoms with van der Waals surface area (Å²) in [6.45, 7) is 0. The highest BCUT2D eigenvalue weighted by Gasteiger charge is 2.13. The van der Waals surface area contributed by atoms with Crippen LogP contribution >= 0.6 is 0 Å². The molecule has 1 aromatic heterocycles. The molecule has 4 N–H and O–H groups in total. The Morgan fingerprint density at radius 2 is 2.00 bits per heavy atom. The Bertz CT molecular complexity index is 646. The molecule has 1 heterocycles. The van der Waals surface area contributed by atoms with E-state index < -0.39 is 11.8 Å². The van der Waals surface area contributed by atoms with Crippen LogP contribution in [0, 0.1) is 0 Å². The molecule has 6 heteroatoms. The highest BCUT2D eigenvalue weighted by atomic mass is 16.2. The first-order valence-electron chi connectivity index (χ1n) is 5.45. The number of hydrogen-bond acceptors (Lipinski definition) is 3. The van der Waals surface area contributed by atoms with E-state index >= 15 is 0 Å². The molecule has 0 aliphatic heterocycles. The van der Waals surface area contributed by atoms with E-state index in [0.717, 1.165) is 0 Å². The lowest BCUT2D eigenvalue weighted by Crippen LogP contribution is -2.18. The number of carbonyl (C=O) groups is 3. The van der Waals surface area contributed by atoms with Gasteiger partial charge in [-0.15, -0.1) is 0 Å². The van der Waals surface area contributed by atoms with Gasteiger partial charge in [-0.05, 0) is 18.2 Å². The standard InChI is InChI=1S/C13H11N3O3/c14-12(18)9-3-1-2-4-10(9)16-13(19)11-5-8(7-17)6-15-11/h1-7,15H,(H2,14,18)(H,16,19). The lowest BCUT2D eigenvalue weighted by atomic mass is 10.1. The van der Waals surface area contributed by atoms with Crippen molar-refractivity contribution in [2.24, 2.45) is 5.73 Å². The van der Waals surface area contributed by atoms with Crippen LogP contribution in [0.2, 0.25) is 0 Å². The number of para-hydroxylation sites is 1. The lowest BCUT2D eigenvalue weighted by molar-refractivity contribution is 0.100. The molecule has 1 aromatic carbocycles. The van der Waals surface area contributed by atoms with Crippen molar-refractivity contribution in [3.63, 3.8) is 0 Å². The van der Waals surface area contributed by atoms with Crippen LogP contribution in [0.1, 0.15) is 31.2 Å². The van der Waals surface area contributed by atoms with E-state index in [1.165, 1.54) is 18.3 Å². The number of H-pyrrole nitrogens is 1. The van der Waals surface area contributed by atoms with Crippen molar-refractivity contribution in [3.8, 4) is 0 Å². The predicted molar refractivity (Wildman–Crippen MR) is 69.1 cm³/mol. The Morgan fingerprint density at radius 1 is 1.26 bits per heavy atom. The lowest BCUT2D eigenvalue weighted by Gasteiger charge is -2.07. The van der Waals surface area contributed by atoms with Gasteiger partial charge in [0.1, 0.15) is 5.69 Å². The average molecular weight is 257 g/mol. The number of hydrogen-bond donors (Lipinski definition) is 3. The fourth-order valence-electron chi connectivity index (χ4n) is 1.61. The molecule has 0 saturated carbocycles. The summed E-state index contributed by atoms with van der Waals surface area (Å²) >= 11 is 0. The molecule has 0 bridgehead atoms. The van der Waals surface area contributed by atoms with Crippen molar-refractivity contribution in [3.05, 3.63) is 53.3 Å². The van der Waals surface area contributed by atoms with Gasteiger partial charge in [0.05, 0.1) is 11.3 Å². The summed E-state index contributed by atoms with van der Waals surface area (Å²) in [5.74, 6) is -1.09. The van der Waals surface area contributed by atoms with Gasteiger partial charge < -0.3 is 16.0 Å². The zero-order valence-electron chi connectivity index (χ0n) is 9.84. The van der Waals surface area contributed by atoms with Crippen molar-refractivity contribution in [1.29, 1.82) is 0 Å². The molecule has 0 unspecified atom stereocenters. The van der Waals surface area contributed by atoms with Crippen LogP contribution < -0.4 is 11.1 Å². The maximum absolute atomic E-state index is 11.9. The molecular weight excluding hydrogens is 246 g/mol. The summed E-state index contributed by atoms with van der Waals surface area (Å²) in [5, 5.41) is 2.56. The highest BCUT2D eigenvalue weighted by molar-refractivity contribution is 6.08. The zero-order valence-corrected chi connectivity index (χ0v) is 9.84. The molecule has 0 radical (unpaired) electrons. The van der Waals surface area contributed by atoms with Crippen LogP contribution in [0.4, 0.5) is 5.69 Å². The number of aromatic amines is 1. The van der Waals surface area contributed by atoms with E-state index in [1.807, 2.05) is 0 Å². The van der Waals surface area contributed by atoms with E-state index in [-0.39, 0.29) is 11.3 Å². The highest BCUT2D eigenvalue weighted by Crippen LogP contribution is 2.15. The number of aromatic nitrogens is 1. The molecule has 0 aliphatic carbocycles. The topological polar surface area (TPSA) is 105 Å².